The van der Waals surface area contributed by atoms with Gasteiger partial charge in [-0.15, -0.1) is 0 Å². The van der Waals surface area contributed by atoms with Crippen molar-refractivity contribution in [2.75, 3.05) is 0 Å². The predicted octanol–water partition coefficient (Wildman–Crippen LogP) is 4.14. The molecule has 1 aromatic carbocycles. The molecule has 0 aliphatic rings. The molecule has 0 spiro atoms. The minimum absolute atomic E-state index is 0.0644. The van der Waals surface area contributed by atoms with E-state index in [-0.39, 0.29) is 10.8 Å². The van der Waals surface area contributed by atoms with Gasteiger partial charge in [0.1, 0.15) is 5.75 Å². The first kappa shape index (κ1) is 15.5. The van der Waals surface area contributed by atoms with Crippen molar-refractivity contribution in [3.05, 3.63) is 29.3 Å². The van der Waals surface area contributed by atoms with E-state index < -0.39 is 8.32 Å². The molecule has 1 aromatic rings. The number of hydrogen-bond donors (Lipinski definition) is 0. The van der Waals surface area contributed by atoms with Crippen molar-refractivity contribution in [2.24, 2.45) is 0 Å². The molecular weight excluding hydrogens is 254 g/mol. The molecule has 3 nitrogen and oxygen atoms in total. The molecule has 19 heavy (non-hydrogen) atoms. The standard InChI is InChI=1S/C15H21NO2Si/c1-11(17)13-9-12(10-16)7-8-14(13)18-19(5,6)15(2,3)4/h7-9H,1-6H3. The molecular formula is C15H21NO2Si. The quantitative estimate of drug-likeness (QED) is 0.615. The third-order valence-corrected chi connectivity index (χ3v) is 8.00. The molecule has 4 heteroatoms. The number of hydrogen-bond acceptors (Lipinski definition) is 3. The summed E-state index contributed by atoms with van der Waals surface area (Å²) < 4.78 is 6.17. The fraction of sp³-hybridized carbons (Fsp3) is 0.467. The summed E-state index contributed by atoms with van der Waals surface area (Å²) in [5, 5.41) is 8.97. The maximum absolute atomic E-state index is 11.7. The molecule has 0 amide bonds. The van der Waals surface area contributed by atoms with Gasteiger partial charge in [0.15, 0.2) is 5.78 Å². The summed E-state index contributed by atoms with van der Waals surface area (Å²) in [5.74, 6) is 0.518. The van der Waals surface area contributed by atoms with E-state index in [4.69, 9.17) is 9.69 Å². The highest BCUT2D eigenvalue weighted by Crippen LogP contribution is 2.38. The van der Waals surface area contributed by atoms with Gasteiger partial charge in [-0.1, -0.05) is 20.8 Å². The van der Waals surface area contributed by atoms with E-state index in [1.54, 1.807) is 18.2 Å². The van der Waals surface area contributed by atoms with Crippen LogP contribution in [0.2, 0.25) is 18.1 Å². The maximum atomic E-state index is 11.7. The monoisotopic (exact) mass is 275 g/mol. The average molecular weight is 275 g/mol. The Kier molecular flexibility index (Phi) is 4.21. The first-order valence-electron chi connectivity index (χ1n) is 6.32. The minimum Gasteiger partial charge on any atom is -0.543 e. The lowest BCUT2D eigenvalue weighted by molar-refractivity contribution is 0.101. The van der Waals surface area contributed by atoms with Crippen molar-refractivity contribution in [1.29, 1.82) is 5.26 Å². The molecule has 1 rings (SSSR count). The zero-order valence-corrected chi connectivity index (χ0v) is 13.5. The molecule has 0 fully saturated rings. The van der Waals surface area contributed by atoms with E-state index in [2.05, 4.69) is 33.9 Å². The summed E-state index contributed by atoms with van der Waals surface area (Å²) in [6, 6.07) is 7.07. The summed E-state index contributed by atoms with van der Waals surface area (Å²) in [6.07, 6.45) is 0. The molecule has 0 radical (unpaired) electrons. The molecule has 0 heterocycles. The number of carbonyl (C=O) groups excluding carboxylic acids is 1. The van der Waals surface area contributed by atoms with Crippen molar-refractivity contribution in [3.8, 4) is 11.8 Å². The molecule has 102 valence electrons. The van der Waals surface area contributed by atoms with Crippen LogP contribution in [0.5, 0.6) is 5.75 Å². The number of benzene rings is 1. The minimum atomic E-state index is -1.99. The van der Waals surface area contributed by atoms with E-state index in [1.807, 2.05) is 6.07 Å². The van der Waals surface area contributed by atoms with E-state index in [0.717, 1.165) is 0 Å². The molecule has 0 unspecified atom stereocenters. The van der Waals surface area contributed by atoms with E-state index in [0.29, 0.717) is 16.9 Å². The third-order valence-electron chi connectivity index (χ3n) is 3.66. The van der Waals surface area contributed by atoms with Crippen molar-refractivity contribution in [2.45, 2.75) is 45.8 Å². The van der Waals surface area contributed by atoms with Crippen LogP contribution in [-0.2, 0) is 0 Å². The van der Waals surface area contributed by atoms with E-state index in [1.165, 1.54) is 6.92 Å². The molecule has 0 saturated carbocycles. The van der Waals surface area contributed by atoms with Crippen molar-refractivity contribution in [1.82, 2.24) is 0 Å². The van der Waals surface area contributed by atoms with Crippen LogP contribution in [-0.4, -0.2) is 14.1 Å². The highest BCUT2D eigenvalue weighted by Gasteiger charge is 2.39. The Labute approximate surface area is 116 Å². The highest BCUT2D eigenvalue weighted by atomic mass is 28.4. The molecule has 0 atom stereocenters. The summed E-state index contributed by atoms with van der Waals surface area (Å²) >= 11 is 0. The Balaban J connectivity index is 3.23. The van der Waals surface area contributed by atoms with Gasteiger partial charge in [0.25, 0.3) is 8.32 Å². The Morgan fingerprint density at radius 1 is 1.32 bits per heavy atom. The Bertz CT molecular complexity index is 536. The lowest BCUT2D eigenvalue weighted by Crippen LogP contribution is -2.44. The van der Waals surface area contributed by atoms with Gasteiger partial charge in [0.2, 0.25) is 0 Å². The lowest BCUT2D eigenvalue weighted by atomic mass is 10.1. The zero-order valence-electron chi connectivity index (χ0n) is 12.5. The van der Waals surface area contributed by atoms with Gasteiger partial charge in [-0.2, -0.15) is 5.26 Å². The van der Waals surface area contributed by atoms with Gasteiger partial charge >= 0.3 is 0 Å². The topological polar surface area (TPSA) is 50.1 Å². The third kappa shape index (κ3) is 3.45. The number of nitrogens with zero attached hydrogens (tertiary/aromatic N) is 1. The molecule has 0 aliphatic carbocycles. The fourth-order valence-corrected chi connectivity index (χ4v) is 2.43. The summed E-state index contributed by atoms with van der Waals surface area (Å²) in [6.45, 7) is 12.2. The molecule has 0 bridgehead atoms. The molecule has 0 aliphatic heterocycles. The average Bonchev–Trinajstić information content (AvgIpc) is 2.27. The van der Waals surface area contributed by atoms with Crippen LogP contribution in [0.1, 0.15) is 43.6 Å². The summed E-state index contributed by atoms with van der Waals surface area (Å²) in [7, 11) is -1.99. The summed E-state index contributed by atoms with van der Waals surface area (Å²) in [4.78, 5) is 11.7. The van der Waals surface area contributed by atoms with Crippen LogP contribution >= 0.6 is 0 Å². The molecule has 0 saturated heterocycles. The van der Waals surface area contributed by atoms with Gasteiger partial charge in [-0.3, -0.25) is 4.79 Å². The number of carbonyl (C=O) groups is 1. The van der Waals surface area contributed by atoms with Gasteiger partial charge in [-0.25, -0.2) is 0 Å². The lowest BCUT2D eigenvalue weighted by Gasteiger charge is -2.36. The van der Waals surface area contributed by atoms with Gasteiger partial charge in [0, 0.05) is 0 Å². The van der Waals surface area contributed by atoms with E-state index in [9.17, 15) is 4.79 Å². The second-order valence-corrected chi connectivity index (χ2v) is 11.0. The van der Waals surface area contributed by atoms with Gasteiger partial charge in [-0.05, 0) is 43.3 Å². The summed E-state index contributed by atoms with van der Waals surface area (Å²) in [5.41, 5.74) is 0.969. The Morgan fingerprint density at radius 2 is 1.89 bits per heavy atom. The molecule has 0 aromatic heterocycles. The molecule has 0 N–H and O–H groups in total. The normalized spacial score (nSPS) is 11.8. The first-order valence-corrected chi connectivity index (χ1v) is 9.23. The van der Waals surface area contributed by atoms with Crippen LogP contribution in [0.25, 0.3) is 0 Å². The second kappa shape index (κ2) is 5.18. The van der Waals surface area contributed by atoms with Gasteiger partial charge < -0.3 is 4.43 Å². The highest BCUT2D eigenvalue weighted by molar-refractivity contribution is 6.74. The smallest absolute Gasteiger partial charge is 0.250 e. The van der Waals surface area contributed by atoms with Crippen molar-refractivity contribution >= 4 is 14.1 Å². The number of ketones is 1. The fourth-order valence-electron chi connectivity index (χ4n) is 1.39. The van der Waals surface area contributed by atoms with Gasteiger partial charge in [0.05, 0.1) is 17.2 Å². The maximum Gasteiger partial charge on any atom is 0.250 e. The van der Waals surface area contributed by atoms with Crippen LogP contribution < -0.4 is 4.43 Å². The zero-order chi connectivity index (χ0) is 14.8. The Hall–Kier alpha value is -1.60. The van der Waals surface area contributed by atoms with E-state index >= 15 is 0 Å². The second-order valence-electron chi connectivity index (χ2n) is 6.24. The van der Waals surface area contributed by atoms with Crippen LogP contribution in [0.3, 0.4) is 0 Å². The number of nitriles is 1. The van der Waals surface area contributed by atoms with Crippen LogP contribution in [0.4, 0.5) is 0 Å². The first-order chi connectivity index (χ1) is 8.58. The Morgan fingerprint density at radius 3 is 2.32 bits per heavy atom. The number of Topliss-reactive ketones (excluding diaryl/α,β-unsaturated/α-hetero) is 1. The largest absolute Gasteiger partial charge is 0.543 e. The van der Waals surface area contributed by atoms with Crippen LogP contribution in [0.15, 0.2) is 18.2 Å². The van der Waals surface area contributed by atoms with Crippen LogP contribution in [0, 0.1) is 11.3 Å². The van der Waals surface area contributed by atoms with Crippen molar-refractivity contribution < 1.29 is 9.22 Å². The SMILES string of the molecule is CC(=O)c1cc(C#N)ccc1O[Si](C)(C)C(C)(C)C. The van der Waals surface area contributed by atoms with Crippen molar-refractivity contribution in [3.63, 3.8) is 0 Å². The predicted molar refractivity (Wildman–Crippen MR) is 79.0 cm³/mol. The number of rotatable bonds is 3.